The van der Waals surface area contributed by atoms with Gasteiger partial charge in [0.05, 0.1) is 23.1 Å². The maximum absolute atomic E-state index is 12.9. The lowest BCUT2D eigenvalue weighted by molar-refractivity contribution is 0.126. The Bertz CT molecular complexity index is 859. The van der Waals surface area contributed by atoms with Crippen LogP contribution in [-0.2, 0) is 9.84 Å². The van der Waals surface area contributed by atoms with E-state index < -0.39 is 9.84 Å². The van der Waals surface area contributed by atoms with Crippen LogP contribution in [0.2, 0.25) is 0 Å². The first-order chi connectivity index (χ1) is 12.5. The zero-order valence-electron chi connectivity index (χ0n) is 14.7. The number of aromatic amines is 1. The number of sulfone groups is 1. The summed E-state index contributed by atoms with van der Waals surface area (Å²) in [5.74, 6) is 0.908. The largest absolute Gasteiger partial charge is 0.493 e. The summed E-state index contributed by atoms with van der Waals surface area (Å²) < 4.78 is 31.2. The van der Waals surface area contributed by atoms with Gasteiger partial charge in [0.25, 0.3) is 0 Å². The summed E-state index contributed by atoms with van der Waals surface area (Å²) in [4.78, 5) is 7.55. The molecule has 2 aromatic heterocycles. The fourth-order valence-corrected chi connectivity index (χ4v) is 5.38. The molecule has 3 rings (SSSR count). The minimum absolute atomic E-state index is 0.0915. The molecule has 0 bridgehead atoms. The Hall–Kier alpha value is -1.71. The van der Waals surface area contributed by atoms with Gasteiger partial charge in [0.15, 0.2) is 11.6 Å². The SMILES string of the molecule is COc1cc(S(=O)(=O)c2cc[nH]c2SC)cnc1NC1CCC(O)CC1. The second kappa shape index (κ2) is 7.89. The molecule has 2 aromatic rings. The Labute approximate surface area is 157 Å². The van der Waals surface area contributed by atoms with Gasteiger partial charge in [-0.15, -0.1) is 11.8 Å². The number of nitrogens with one attached hydrogen (secondary N) is 2. The van der Waals surface area contributed by atoms with Crippen LogP contribution in [0.1, 0.15) is 25.7 Å². The fraction of sp³-hybridized carbons (Fsp3) is 0.471. The molecule has 0 aromatic carbocycles. The van der Waals surface area contributed by atoms with Gasteiger partial charge in [-0.3, -0.25) is 0 Å². The van der Waals surface area contributed by atoms with Crippen molar-refractivity contribution >= 4 is 27.4 Å². The Morgan fingerprint density at radius 3 is 2.73 bits per heavy atom. The number of pyridine rings is 1. The zero-order chi connectivity index (χ0) is 18.7. The smallest absolute Gasteiger partial charge is 0.210 e. The summed E-state index contributed by atoms with van der Waals surface area (Å²) in [5.41, 5.74) is 0. The predicted octanol–water partition coefficient (Wildman–Crippen LogP) is 2.69. The molecule has 1 saturated carbocycles. The van der Waals surface area contributed by atoms with E-state index >= 15 is 0 Å². The van der Waals surface area contributed by atoms with Crippen molar-refractivity contribution in [3.8, 4) is 5.75 Å². The first-order valence-electron chi connectivity index (χ1n) is 8.40. The van der Waals surface area contributed by atoms with Crippen LogP contribution >= 0.6 is 11.8 Å². The number of H-pyrrole nitrogens is 1. The third kappa shape index (κ3) is 3.84. The van der Waals surface area contributed by atoms with E-state index in [0.717, 1.165) is 25.7 Å². The van der Waals surface area contributed by atoms with Crippen molar-refractivity contribution in [1.82, 2.24) is 9.97 Å². The molecular formula is C17H23N3O4S2. The number of aliphatic hydroxyl groups is 1. The number of nitrogens with zero attached hydrogens (tertiary/aromatic N) is 1. The molecule has 142 valence electrons. The lowest BCUT2D eigenvalue weighted by Gasteiger charge is -2.27. The minimum atomic E-state index is -3.68. The summed E-state index contributed by atoms with van der Waals surface area (Å²) in [6, 6.07) is 3.24. The van der Waals surface area contributed by atoms with Gasteiger partial charge in [-0.05, 0) is 38.0 Å². The quantitative estimate of drug-likeness (QED) is 0.644. The number of methoxy groups -OCH3 is 1. The van der Waals surface area contributed by atoms with E-state index in [9.17, 15) is 13.5 Å². The van der Waals surface area contributed by atoms with E-state index in [1.54, 1.807) is 12.3 Å². The van der Waals surface area contributed by atoms with E-state index in [0.29, 0.717) is 16.6 Å². The second-order valence-corrected chi connectivity index (χ2v) is 8.98. The number of aliphatic hydroxyl groups excluding tert-OH is 1. The molecule has 2 heterocycles. The van der Waals surface area contributed by atoms with Gasteiger partial charge in [0, 0.05) is 24.5 Å². The molecule has 1 aliphatic carbocycles. The van der Waals surface area contributed by atoms with Crippen molar-refractivity contribution in [2.24, 2.45) is 0 Å². The normalized spacial score (nSPS) is 20.7. The summed E-state index contributed by atoms with van der Waals surface area (Å²) >= 11 is 1.34. The maximum atomic E-state index is 12.9. The summed E-state index contributed by atoms with van der Waals surface area (Å²) in [6.45, 7) is 0. The maximum Gasteiger partial charge on any atom is 0.210 e. The molecule has 0 aliphatic heterocycles. The number of hydrogen-bond acceptors (Lipinski definition) is 7. The number of thioether (sulfide) groups is 1. The van der Waals surface area contributed by atoms with Gasteiger partial charge in [-0.2, -0.15) is 0 Å². The molecule has 7 nitrogen and oxygen atoms in total. The van der Waals surface area contributed by atoms with E-state index in [1.807, 2.05) is 6.26 Å². The molecule has 1 fully saturated rings. The first-order valence-corrected chi connectivity index (χ1v) is 11.1. The molecule has 0 unspecified atom stereocenters. The van der Waals surface area contributed by atoms with E-state index in [-0.39, 0.29) is 21.9 Å². The summed E-state index contributed by atoms with van der Waals surface area (Å²) in [6.07, 6.45) is 7.72. The van der Waals surface area contributed by atoms with Crippen LogP contribution < -0.4 is 10.1 Å². The topological polar surface area (TPSA) is 104 Å². The molecule has 0 spiro atoms. The highest BCUT2D eigenvalue weighted by Crippen LogP contribution is 2.33. The Morgan fingerprint density at radius 1 is 1.35 bits per heavy atom. The van der Waals surface area contributed by atoms with Crippen molar-refractivity contribution in [3.05, 3.63) is 24.5 Å². The minimum Gasteiger partial charge on any atom is -0.493 e. The zero-order valence-corrected chi connectivity index (χ0v) is 16.4. The van der Waals surface area contributed by atoms with E-state index in [4.69, 9.17) is 4.74 Å². The average Bonchev–Trinajstić information content (AvgIpc) is 3.13. The molecule has 1 aliphatic rings. The molecule has 0 atom stereocenters. The fourth-order valence-electron chi connectivity index (χ4n) is 3.09. The summed E-state index contributed by atoms with van der Waals surface area (Å²) in [7, 11) is -2.19. The molecule has 0 amide bonds. The lowest BCUT2D eigenvalue weighted by atomic mass is 9.93. The Balaban J connectivity index is 1.86. The number of aromatic nitrogens is 2. The van der Waals surface area contributed by atoms with Crippen molar-refractivity contribution < 1.29 is 18.3 Å². The lowest BCUT2D eigenvalue weighted by Crippen LogP contribution is -2.28. The highest BCUT2D eigenvalue weighted by Gasteiger charge is 2.25. The Morgan fingerprint density at radius 2 is 2.08 bits per heavy atom. The van der Waals surface area contributed by atoms with Gasteiger partial charge in [0.2, 0.25) is 9.84 Å². The molecule has 0 radical (unpaired) electrons. The number of anilines is 1. The first kappa shape index (κ1) is 19.1. The Kier molecular flexibility index (Phi) is 5.79. The highest BCUT2D eigenvalue weighted by molar-refractivity contribution is 7.99. The monoisotopic (exact) mass is 397 g/mol. The number of hydrogen-bond donors (Lipinski definition) is 3. The molecular weight excluding hydrogens is 374 g/mol. The van der Waals surface area contributed by atoms with Crippen molar-refractivity contribution in [3.63, 3.8) is 0 Å². The van der Waals surface area contributed by atoms with Gasteiger partial charge < -0.3 is 20.1 Å². The van der Waals surface area contributed by atoms with Crippen LogP contribution in [0.25, 0.3) is 0 Å². The van der Waals surface area contributed by atoms with Crippen LogP contribution in [0, 0.1) is 0 Å². The van der Waals surface area contributed by atoms with Crippen molar-refractivity contribution in [1.29, 1.82) is 0 Å². The van der Waals surface area contributed by atoms with E-state index in [1.165, 1.54) is 31.1 Å². The molecule has 26 heavy (non-hydrogen) atoms. The van der Waals surface area contributed by atoms with Crippen LogP contribution in [0.4, 0.5) is 5.82 Å². The van der Waals surface area contributed by atoms with Crippen molar-refractivity contribution in [2.75, 3.05) is 18.7 Å². The highest BCUT2D eigenvalue weighted by atomic mass is 32.2. The summed E-state index contributed by atoms with van der Waals surface area (Å²) in [5, 5.41) is 13.5. The van der Waals surface area contributed by atoms with Crippen LogP contribution in [0.15, 0.2) is 39.3 Å². The van der Waals surface area contributed by atoms with Crippen LogP contribution in [-0.4, -0.2) is 49.0 Å². The predicted molar refractivity (Wildman–Crippen MR) is 101 cm³/mol. The molecule has 9 heteroatoms. The van der Waals surface area contributed by atoms with Gasteiger partial charge in [0.1, 0.15) is 4.90 Å². The van der Waals surface area contributed by atoms with E-state index in [2.05, 4.69) is 15.3 Å². The standard InChI is InChI=1S/C17H23N3O4S2/c1-24-14-9-13(26(22,23)15-7-8-18-17(15)25-2)10-19-16(14)20-11-3-5-12(21)6-4-11/h7-12,18,21H,3-6H2,1-2H3,(H,19,20). The van der Waals surface area contributed by atoms with Crippen LogP contribution in [0.5, 0.6) is 5.75 Å². The van der Waals surface area contributed by atoms with Gasteiger partial charge in [-0.25, -0.2) is 13.4 Å². The average molecular weight is 398 g/mol. The number of rotatable bonds is 6. The van der Waals surface area contributed by atoms with Crippen molar-refractivity contribution in [2.45, 2.75) is 52.6 Å². The third-order valence-electron chi connectivity index (χ3n) is 4.56. The van der Waals surface area contributed by atoms with Gasteiger partial charge in [-0.1, -0.05) is 0 Å². The van der Waals surface area contributed by atoms with Crippen LogP contribution in [0.3, 0.4) is 0 Å². The third-order valence-corrected chi connectivity index (χ3v) is 7.20. The molecule has 0 saturated heterocycles. The molecule has 3 N–H and O–H groups in total. The number of ether oxygens (including phenoxy) is 1. The second-order valence-electron chi connectivity index (χ2n) is 6.25. The van der Waals surface area contributed by atoms with Gasteiger partial charge >= 0.3 is 0 Å².